The molecule has 4 aromatic rings. The summed E-state index contributed by atoms with van der Waals surface area (Å²) in [6.45, 7) is 4.46. The van der Waals surface area contributed by atoms with Gasteiger partial charge in [0.1, 0.15) is 28.9 Å². The third-order valence-electron chi connectivity index (χ3n) is 8.45. The summed E-state index contributed by atoms with van der Waals surface area (Å²) in [5.74, 6) is -3.37. The van der Waals surface area contributed by atoms with Gasteiger partial charge in [-0.05, 0) is 79.4 Å². The molecule has 2 unspecified atom stereocenters. The van der Waals surface area contributed by atoms with Crippen molar-refractivity contribution in [2.24, 2.45) is 27.2 Å². The van der Waals surface area contributed by atoms with Crippen molar-refractivity contribution in [2.45, 2.75) is 30.6 Å². The van der Waals surface area contributed by atoms with Crippen molar-refractivity contribution in [2.75, 3.05) is 30.5 Å². The van der Waals surface area contributed by atoms with Crippen LogP contribution in [0.2, 0.25) is 0 Å². The number of piperidine rings is 1. The zero-order chi connectivity index (χ0) is 40.2. The first kappa shape index (κ1) is 40.1. The number of amides is 3. The molecule has 1 aliphatic heterocycles. The van der Waals surface area contributed by atoms with Gasteiger partial charge in [-0.15, -0.1) is 0 Å². The van der Waals surface area contributed by atoms with Gasteiger partial charge in [0.15, 0.2) is 0 Å². The van der Waals surface area contributed by atoms with Crippen LogP contribution in [0.15, 0.2) is 91.9 Å². The van der Waals surface area contributed by atoms with E-state index in [1.807, 2.05) is 6.07 Å². The fourth-order valence-corrected chi connectivity index (χ4v) is 6.93. The van der Waals surface area contributed by atoms with Crippen molar-refractivity contribution in [1.82, 2.24) is 4.90 Å². The van der Waals surface area contributed by atoms with Crippen LogP contribution in [0, 0.1) is 30.1 Å². The van der Waals surface area contributed by atoms with Gasteiger partial charge in [-0.1, -0.05) is 13.0 Å². The van der Waals surface area contributed by atoms with Crippen LogP contribution < -0.4 is 15.5 Å². The Labute approximate surface area is 314 Å². The van der Waals surface area contributed by atoms with Crippen molar-refractivity contribution in [3.8, 4) is 11.8 Å². The highest BCUT2D eigenvalue weighted by Gasteiger charge is 2.43. The summed E-state index contributed by atoms with van der Waals surface area (Å²) in [5, 5.41) is 34.1. The number of nitrogens with one attached hydrogen (secondary N) is 2. The van der Waals surface area contributed by atoms with E-state index in [-0.39, 0.29) is 64.6 Å². The number of azo groups is 1. The number of fused-ring (bicyclic) bond motifs is 1. The van der Waals surface area contributed by atoms with Crippen LogP contribution in [-0.2, 0) is 29.8 Å². The number of hydrazone groups is 1. The predicted molar refractivity (Wildman–Crippen MR) is 198 cm³/mol. The first-order chi connectivity index (χ1) is 26.0. The van der Waals surface area contributed by atoms with Gasteiger partial charge in [-0.2, -0.15) is 37.4 Å². The molecule has 1 saturated heterocycles. The highest BCUT2D eigenvalue weighted by atomic mass is 32.2. The molecule has 0 radical (unpaired) electrons. The number of benzene rings is 4. The quantitative estimate of drug-likeness (QED) is 0.0568. The van der Waals surface area contributed by atoms with E-state index < -0.39 is 59.6 Å². The standard InChI is InChI=1S/C35H33N7O11S2/c1-4-42-34(45)27(18-36)20(3)32(35(42)46)41-38-23-8-5-21(6-9-23)33(44)37-29-13-19(2)28(17-30(29)53-12-11-43)40-39-24-10-7-22-14-25(54(47,48)49)16-31(26(22)15-24)55(50,51)52/h5-10,13-17,20,27,38,43H,4,11-12H2,1-3H3,(H,37,44)(H,47,48,49)(H,50,51,52)/b40-39?,41-32-. The van der Waals surface area contributed by atoms with E-state index in [0.717, 1.165) is 11.0 Å². The smallest absolute Gasteiger partial charge is 0.295 e. The SMILES string of the molecule is CCN1C(=O)/C(=N\Nc2ccc(C(=O)Nc3cc(C)c(N=Nc4ccc5cc(S(=O)(=O)O)cc(S(=O)(=O)O)c5c4)cc3OCCO)cc2)C(C)C(C#N)C1=O. The topological polar surface area (TPSA) is 278 Å². The molecule has 0 aliphatic carbocycles. The number of hydrogen-bond donors (Lipinski definition) is 5. The van der Waals surface area contributed by atoms with Crippen molar-refractivity contribution >= 4 is 77.2 Å². The lowest BCUT2D eigenvalue weighted by Crippen LogP contribution is -2.53. The van der Waals surface area contributed by atoms with Gasteiger partial charge >= 0.3 is 0 Å². The van der Waals surface area contributed by atoms with Crippen LogP contribution in [0.25, 0.3) is 10.8 Å². The number of likely N-dealkylation sites (tertiary alicyclic amines) is 1. The molecule has 1 heterocycles. The number of carbonyl (C=O) groups is 3. The number of imide groups is 1. The Kier molecular flexibility index (Phi) is 11.7. The molecule has 20 heteroatoms. The molecule has 0 saturated carbocycles. The summed E-state index contributed by atoms with van der Waals surface area (Å²) in [4.78, 5) is 38.0. The van der Waals surface area contributed by atoms with Gasteiger partial charge in [-0.3, -0.25) is 33.8 Å². The predicted octanol–water partition coefficient (Wildman–Crippen LogP) is 4.61. The zero-order valence-corrected chi connectivity index (χ0v) is 30.9. The number of aliphatic hydroxyl groups is 1. The Morgan fingerprint density at radius 2 is 1.69 bits per heavy atom. The normalized spacial score (nSPS) is 17.1. The highest BCUT2D eigenvalue weighted by molar-refractivity contribution is 7.86. The van der Waals surface area contributed by atoms with Gasteiger partial charge in [0.25, 0.3) is 32.1 Å². The second-order valence-corrected chi connectivity index (χ2v) is 14.9. The third kappa shape index (κ3) is 8.83. The van der Waals surface area contributed by atoms with Crippen molar-refractivity contribution < 1.29 is 50.2 Å². The van der Waals surface area contributed by atoms with Crippen molar-refractivity contribution in [1.29, 1.82) is 5.26 Å². The van der Waals surface area contributed by atoms with Crippen LogP contribution in [0.4, 0.5) is 22.7 Å². The van der Waals surface area contributed by atoms with E-state index >= 15 is 0 Å². The number of nitrogens with zero attached hydrogens (tertiary/aromatic N) is 5. The van der Waals surface area contributed by atoms with E-state index in [1.54, 1.807) is 39.0 Å². The summed E-state index contributed by atoms with van der Waals surface area (Å²) in [7, 11) is -9.73. The fraction of sp³-hybridized carbons (Fsp3) is 0.229. The average molecular weight is 792 g/mol. The van der Waals surface area contributed by atoms with E-state index in [4.69, 9.17) is 4.74 Å². The molecule has 5 rings (SSSR count). The lowest BCUT2D eigenvalue weighted by Gasteiger charge is -2.31. The summed E-state index contributed by atoms with van der Waals surface area (Å²) in [5.41, 5.74) is 4.52. The summed E-state index contributed by atoms with van der Waals surface area (Å²) >= 11 is 0. The number of hydrogen-bond acceptors (Lipinski definition) is 14. The second-order valence-electron chi connectivity index (χ2n) is 12.1. The molecule has 0 aromatic heterocycles. The first-order valence-corrected chi connectivity index (χ1v) is 19.2. The molecule has 4 aromatic carbocycles. The maximum absolute atomic E-state index is 13.3. The molecule has 5 N–H and O–H groups in total. The average Bonchev–Trinajstić information content (AvgIpc) is 3.13. The Morgan fingerprint density at radius 3 is 2.31 bits per heavy atom. The summed E-state index contributed by atoms with van der Waals surface area (Å²) in [6, 6.07) is 16.6. The largest absolute Gasteiger partial charge is 0.489 e. The van der Waals surface area contributed by atoms with E-state index in [0.29, 0.717) is 17.3 Å². The number of aryl methyl sites for hydroxylation is 1. The van der Waals surface area contributed by atoms with E-state index in [1.165, 1.54) is 36.4 Å². The number of nitriles is 1. The monoisotopic (exact) mass is 791 g/mol. The molecule has 1 aliphatic rings. The Balaban J connectivity index is 1.36. The Bertz CT molecular complexity index is 2530. The fourth-order valence-electron chi connectivity index (χ4n) is 5.58. The molecule has 2 atom stereocenters. The lowest BCUT2D eigenvalue weighted by atomic mass is 9.85. The number of rotatable bonds is 12. The first-order valence-electron chi connectivity index (χ1n) is 16.3. The molecule has 0 bridgehead atoms. The minimum atomic E-state index is -4.93. The van der Waals surface area contributed by atoms with Crippen molar-refractivity contribution in [3.63, 3.8) is 0 Å². The van der Waals surface area contributed by atoms with Crippen LogP contribution in [-0.4, -0.2) is 79.1 Å². The maximum atomic E-state index is 13.3. The molecule has 0 spiro atoms. The second kappa shape index (κ2) is 16.1. The van der Waals surface area contributed by atoms with Crippen LogP contribution in [0.1, 0.15) is 29.8 Å². The molecule has 1 fully saturated rings. The number of carbonyl (C=O) groups excluding carboxylic acids is 3. The third-order valence-corrected chi connectivity index (χ3v) is 10.2. The minimum absolute atomic E-state index is 0.0176. The zero-order valence-electron chi connectivity index (χ0n) is 29.3. The van der Waals surface area contributed by atoms with Gasteiger partial charge in [0, 0.05) is 29.5 Å². The van der Waals surface area contributed by atoms with E-state index in [9.17, 15) is 50.7 Å². The Morgan fingerprint density at radius 1 is 0.982 bits per heavy atom. The van der Waals surface area contributed by atoms with Crippen LogP contribution >= 0.6 is 0 Å². The molecule has 3 amide bonds. The molecule has 286 valence electrons. The van der Waals surface area contributed by atoms with Gasteiger partial charge in [-0.25, -0.2) is 0 Å². The summed E-state index contributed by atoms with van der Waals surface area (Å²) in [6.07, 6.45) is 0. The van der Waals surface area contributed by atoms with Crippen LogP contribution in [0.3, 0.4) is 0 Å². The molecule has 18 nitrogen and oxygen atoms in total. The van der Waals surface area contributed by atoms with E-state index in [2.05, 4.69) is 26.1 Å². The molecular weight excluding hydrogens is 759 g/mol. The Hall–Kier alpha value is -6.11. The minimum Gasteiger partial charge on any atom is -0.489 e. The lowest BCUT2D eigenvalue weighted by molar-refractivity contribution is -0.145. The van der Waals surface area contributed by atoms with Gasteiger partial charge in [0.2, 0.25) is 5.91 Å². The number of ether oxygens (including phenoxy) is 1. The van der Waals surface area contributed by atoms with Crippen molar-refractivity contribution in [3.05, 3.63) is 77.9 Å². The number of aliphatic hydroxyl groups excluding tert-OH is 1. The van der Waals surface area contributed by atoms with Gasteiger partial charge < -0.3 is 15.2 Å². The molecular formula is C35H33N7O11S2. The highest BCUT2D eigenvalue weighted by Crippen LogP contribution is 2.36. The number of anilines is 2. The maximum Gasteiger partial charge on any atom is 0.295 e. The van der Waals surface area contributed by atoms with Crippen LogP contribution in [0.5, 0.6) is 5.75 Å². The van der Waals surface area contributed by atoms with Gasteiger partial charge in [0.05, 0.1) is 40.3 Å². The molecule has 55 heavy (non-hydrogen) atoms. The summed E-state index contributed by atoms with van der Waals surface area (Å²) < 4.78 is 72.3.